The maximum absolute atomic E-state index is 12.8. The topological polar surface area (TPSA) is 104 Å². The van der Waals surface area contributed by atoms with Crippen molar-refractivity contribution in [2.45, 2.75) is 19.5 Å². The Morgan fingerprint density at radius 1 is 1.31 bits per heavy atom. The van der Waals surface area contributed by atoms with Crippen LogP contribution in [0.2, 0.25) is 0 Å². The third kappa shape index (κ3) is 3.33. The highest BCUT2D eigenvalue weighted by Crippen LogP contribution is 2.15. The summed E-state index contributed by atoms with van der Waals surface area (Å²) in [5, 5.41) is 15.9. The van der Waals surface area contributed by atoms with Crippen LogP contribution in [0.15, 0.2) is 35.4 Å². The quantitative estimate of drug-likeness (QED) is 0.696. The van der Waals surface area contributed by atoms with Gasteiger partial charge in [0, 0.05) is 26.1 Å². The summed E-state index contributed by atoms with van der Waals surface area (Å²) in [5.74, 6) is 0.232. The predicted octanol–water partition coefficient (Wildman–Crippen LogP) is 0.662. The van der Waals surface area contributed by atoms with Crippen molar-refractivity contribution in [2.75, 3.05) is 13.7 Å². The highest BCUT2D eigenvalue weighted by atomic mass is 16.5. The largest absolute Gasteiger partial charge is 0.383 e. The summed E-state index contributed by atoms with van der Waals surface area (Å²) < 4.78 is 8.06. The highest BCUT2D eigenvalue weighted by Gasteiger charge is 2.20. The van der Waals surface area contributed by atoms with Crippen LogP contribution in [0.3, 0.4) is 0 Å². The van der Waals surface area contributed by atoms with E-state index in [1.807, 2.05) is 11.5 Å². The normalized spacial score (nSPS) is 12.3. The van der Waals surface area contributed by atoms with E-state index in [2.05, 4.69) is 20.6 Å². The lowest BCUT2D eigenvalue weighted by Crippen LogP contribution is -2.32. The monoisotopic (exact) mass is 356 g/mol. The number of hydrogen-bond donors (Lipinski definition) is 1. The Morgan fingerprint density at radius 3 is 2.77 bits per heavy atom. The van der Waals surface area contributed by atoms with Crippen LogP contribution >= 0.6 is 0 Å². The minimum atomic E-state index is -0.389. The number of hydrogen-bond acceptors (Lipinski definition) is 6. The number of nitrogens with zero attached hydrogens (tertiary/aromatic N) is 5. The average molecular weight is 356 g/mol. The van der Waals surface area contributed by atoms with Gasteiger partial charge in [0.15, 0.2) is 11.5 Å². The van der Waals surface area contributed by atoms with Gasteiger partial charge in [0.2, 0.25) is 0 Å². The third-order valence-corrected chi connectivity index (χ3v) is 4.09. The number of amides is 1. The summed E-state index contributed by atoms with van der Waals surface area (Å²) in [6, 6.07) is 6.53. The number of benzene rings is 1. The van der Waals surface area contributed by atoms with Crippen molar-refractivity contribution < 1.29 is 9.53 Å². The zero-order chi connectivity index (χ0) is 18.7. The van der Waals surface area contributed by atoms with Crippen LogP contribution in [0.1, 0.15) is 29.3 Å². The minimum Gasteiger partial charge on any atom is -0.383 e. The molecule has 0 spiro atoms. The van der Waals surface area contributed by atoms with E-state index in [0.717, 1.165) is 0 Å². The van der Waals surface area contributed by atoms with E-state index in [-0.39, 0.29) is 23.2 Å². The number of methoxy groups -OCH3 is 1. The number of nitrogens with one attached hydrogen (secondary N) is 1. The smallest absolute Gasteiger partial charge is 0.274 e. The summed E-state index contributed by atoms with van der Waals surface area (Å²) in [6.45, 7) is 2.91. The molecule has 0 saturated heterocycles. The standard InChI is InChI=1S/C17H20N6O3/c1-11(15-20-18-10-23(15)8-9-26-3)19-16(24)14-12-6-4-5-7-13(12)17(25)22(2)21-14/h4-7,10-11H,8-9H2,1-3H3,(H,19,24). The van der Waals surface area contributed by atoms with Gasteiger partial charge >= 0.3 is 0 Å². The van der Waals surface area contributed by atoms with Gasteiger partial charge in [-0.05, 0) is 13.0 Å². The second kappa shape index (κ2) is 7.44. The molecule has 1 N–H and O–H groups in total. The Morgan fingerprint density at radius 2 is 2.04 bits per heavy atom. The molecule has 3 aromatic rings. The number of aryl methyl sites for hydroxylation is 1. The zero-order valence-corrected chi connectivity index (χ0v) is 14.8. The first-order valence-corrected chi connectivity index (χ1v) is 8.16. The molecule has 1 amide bonds. The van der Waals surface area contributed by atoms with Gasteiger partial charge in [-0.3, -0.25) is 9.59 Å². The third-order valence-electron chi connectivity index (χ3n) is 4.09. The first kappa shape index (κ1) is 17.7. The van der Waals surface area contributed by atoms with Gasteiger partial charge in [0.05, 0.1) is 18.0 Å². The van der Waals surface area contributed by atoms with Crippen molar-refractivity contribution in [3.8, 4) is 0 Å². The number of carbonyl (C=O) groups is 1. The molecular formula is C17H20N6O3. The molecule has 0 bridgehead atoms. The van der Waals surface area contributed by atoms with Crippen molar-refractivity contribution >= 4 is 16.7 Å². The van der Waals surface area contributed by atoms with Crippen LogP contribution in [0.25, 0.3) is 10.8 Å². The number of fused-ring (bicyclic) bond motifs is 1. The Kier molecular flexibility index (Phi) is 5.08. The van der Waals surface area contributed by atoms with Crippen LogP contribution < -0.4 is 10.9 Å². The Hall–Kier alpha value is -3.07. The van der Waals surface area contributed by atoms with Crippen LogP contribution in [-0.4, -0.2) is 44.2 Å². The van der Waals surface area contributed by atoms with Crippen LogP contribution in [-0.2, 0) is 18.3 Å². The van der Waals surface area contributed by atoms with Crippen molar-refractivity contribution in [3.63, 3.8) is 0 Å². The van der Waals surface area contributed by atoms with Crippen molar-refractivity contribution in [3.05, 3.63) is 52.5 Å². The van der Waals surface area contributed by atoms with Crippen molar-refractivity contribution in [2.24, 2.45) is 7.05 Å². The number of aromatic nitrogens is 5. The van der Waals surface area contributed by atoms with E-state index in [1.165, 1.54) is 11.7 Å². The SMILES string of the molecule is COCCn1cnnc1C(C)NC(=O)c1nn(C)c(=O)c2ccccc12. The van der Waals surface area contributed by atoms with Gasteiger partial charge in [0.25, 0.3) is 11.5 Å². The van der Waals surface area contributed by atoms with Crippen molar-refractivity contribution in [1.82, 2.24) is 29.9 Å². The Balaban J connectivity index is 1.89. The maximum atomic E-state index is 12.8. The number of carbonyl (C=O) groups excluding carboxylic acids is 1. The number of rotatable bonds is 6. The van der Waals surface area contributed by atoms with Gasteiger partial charge in [-0.1, -0.05) is 18.2 Å². The molecule has 3 rings (SSSR count). The maximum Gasteiger partial charge on any atom is 0.274 e. The fourth-order valence-corrected chi connectivity index (χ4v) is 2.76. The van der Waals surface area contributed by atoms with Crippen LogP contribution in [0, 0.1) is 0 Å². The van der Waals surface area contributed by atoms with Crippen molar-refractivity contribution in [1.29, 1.82) is 0 Å². The van der Waals surface area contributed by atoms with E-state index in [4.69, 9.17) is 4.74 Å². The second-order valence-electron chi connectivity index (χ2n) is 5.89. The van der Waals surface area contributed by atoms with Gasteiger partial charge in [-0.25, -0.2) is 4.68 Å². The fourth-order valence-electron chi connectivity index (χ4n) is 2.76. The van der Waals surface area contributed by atoms with Gasteiger partial charge in [0.1, 0.15) is 6.33 Å². The van der Waals surface area contributed by atoms with Gasteiger partial charge < -0.3 is 14.6 Å². The van der Waals surface area contributed by atoms with Gasteiger partial charge in [-0.2, -0.15) is 5.10 Å². The highest BCUT2D eigenvalue weighted by molar-refractivity contribution is 6.04. The molecular weight excluding hydrogens is 336 g/mol. The van der Waals surface area contributed by atoms with E-state index in [0.29, 0.717) is 29.7 Å². The molecule has 2 heterocycles. The van der Waals surface area contributed by atoms with E-state index < -0.39 is 0 Å². The molecule has 1 unspecified atom stereocenters. The molecule has 0 aliphatic rings. The summed E-state index contributed by atoms with van der Waals surface area (Å²) in [4.78, 5) is 25.0. The number of ether oxygens (including phenoxy) is 1. The summed E-state index contributed by atoms with van der Waals surface area (Å²) >= 11 is 0. The fraction of sp³-hybridized carbons (Fsp3) is 0.353. The molecule has 26 heavy (non-hydrogen) atoms. The average Bonchev–Trinajstić information content (AvgIpc) is 3.11. The minimum absolute atomic E-state index is 0.192. The van der Waals surface area contributed by atoms with Gasteiger partial charge in [-0.15, -0.1) is 10.2 Å². The lowest BCUT2D eigenvalue weighted by molar-refractivity contribution is 0.0932. The summed E-state index contributed by atoms with van der Waals surface area (Å²) in [5.41, 5.74) is -0.0537. The molecule has 136 valence electrons. The molecule has 0 aliphatic heterocycles. The first-order valence-electron chi connectivity index (χ1n) is 8.16. The lowest BCUT2D eigenvalue weighted by Gasteiger charge is -2.15. The van der Waals surface area contributed by atoms with E-state index in [9.17, 15) is 9.59 Å². The molecule has 9 heteroatoms. The summed E-state index contributed by atoms with van der Waals surface area (Å²) in [6.07, 6.45) is 1.59. The van der Waals surface area contributed by atoms with E-state index in [1.54, 1.807) is 37.7 Å². The molecule has 0 radical (unpaired) electrons. The molecule has 2 aromatic heterocycles. The molecule has 0 fully saturated rings. The lowest BCUT2D eigenvalue weighted by atomic mass is 10.1. The van der Waals surface area contributed by atoms with Crippen LogP contribution in [0.4, 0.5) is 0 Å². The first-order chi connectivity index (χ1) is 12.5. The zero-order valence-electron chi connectivity index (χ0n) is 14.8. The molecule has 1 atom stereocenters. The molecule has 0 aliphatic carbocycles. The summed E-state index contributed by atoms with van der Waals surface area (Å²) in [7, 11) is 3.14. The molecule has 9 nitrogen and oxygen atoms in total. The predicted molar refractivity (Wildman–Crippen MR) is 94.8 cm³/mol. The molecule has 0 saturated carbocycles. The molecule has 1 aromatic carbocycles. The van der Waals surface area contributed by atoms with E-state index >= 15 is 0 Å². The van der Waals surface area contributed by atoms with Crippen LogP contribution in [0.5, 0.6) is 0 Å². The Labute approximate surface area is 149 Å². The second-order valence-corrected chi connectivity index (χ2v) is 5.89. The Bertz CT molecular complexity index is 994.